The molecule has 2 unspecified atom stereocenters. The number of carbonyl (C=O) groups excluding carboxylic acids is 1. The molecule has 2 atom stereocenters. The smallest absolute Gasteiger partial charge is 0.323 e. The average Bonchev–Trinajstić information content (AvgIpc) is 2.49. The summed E-state index contributed by atoms with van der Waals surface area (Å²) in [5.74, 6) is -0.819. The van der Waals surface area contributed by atoms with E-state index >= 15 is 0 Å². The van der Waals surface area contributed by atoms with E-state index in [2.05, 4.69) is 5.32 Å². The lowest BCUT2D eigenvalue weighted by molar-refractivity contribution is -0.138. The zero-order valence-corrected chi connectivity index (χ0v) is 12.9. The van der Waals surface area contributed by atoms with Crippen LogP contribution in [0.3, 0.4) is 0 Å². The van der Waals surface area contributed by atoms with Crippen molar-refractivity contribution in [2.75, 3.05) is 13.1 Å². The number of carbonyl (C=O) groups is 2. The lowest BCUT2D eigenvalue weighted by Crippen LogP contribution is -2.48. The Morgan fingerprint density at radius 1 is 1.24 bits per heavy atom. The molecule has 0 aliphatic carbocycles. The number of nitrogens with zero attached hydrogens (tertiary/aromatic N) is 1. The standard InChI is InChI=1S/C16H24N2O3/c1-4-13(3)18(11-15(19)20)16(21)17-10-12(2)14-8-6-5-7-9-14/h5-9,12-13H,4,10-11H2,1-3H3,(H,17,21)(H,19,20). The van der Waals surface area contributed by atoms with Crippen LogP contribution < -0.4 is 5.32 Å². The fourth-order valence-electron chi connectivity index (χ4n) is 2.04. The third-order valence-electron chi connectivity index (χ3n) is 3.62. The maximum absolute atomic E-state index is 12.2. The van der Waals surface area contributed by atoms with Gasteiger partial charge in [0.05, 0.1) is 0 Å². The van der Waals surface area contributed by atoms with Gasteiger partial charge in [0.2, 0.25) is 0 Å². The number of nitrogens with one attached hydrogen (secondary N) is 1. The molecule has 0 aromatic heterocycles. The second kappa shape index (κ2) is 8.29. The van der Waals surface area contributed by atoms with Crippen LogP contribution in [0.2, 0.25) is 0 Å². The number of benzene rings is 1. The highest BCUT2D eigenvalue weighted by molar-refractivity contribution is 5.80. The highest BCUT2D eigenvalue weighted by Gasteiger charge is 2.21. The van der Waals surface area contributed by atoms with E-state index in [1.807, 2.05) is 51.1 Å². The van der Waals surface area contributed by atoms with Crippen LogP contribution in [0.15, 0.2) is 30.3 Å². The number of amides is 2. The Hall–Kier alpha value is -2.04. The molecule has 5 heteroatoms. The van der Waals surface area contributed by atoms with Crippen LogP contribution in [0.1, 0.15) is 38.7 Å². The van der Waals surface area contributed by atoms with E-state index in [4.69, 9.17) is 5.11 Å². The molecule has 0 bridgehead atoms. The van der Waals surface area contributed by atoms with E-state index in [1.54, 1.807) is 0 Å². The summed E-state index contributed by atoms with van der Waals surface area (Å²) < 4.78 is 0. The number of aliphatic carboxylic acids is 1. The molecule has 0 aliphatic heterocycles. The molecule has 0 heterocycles. The Morgan fingerprint density at radius 3 is 2.38 bits per heavy atom. The maximum atomic E-state index is 12.2. The van der Waals surface area contributed by atoms with Crippen LogP contribution in [0.5, 0.6) is 0 Å². The van der Waals surface area contributed by atoms with Gasteiger partial charge in [-0.15, -0.1) is 0 Å². The molecule has 116 valence electrons. The number of carboxylic acids is 1. The predicted molar refractivity (Wildman–Crippen MR) is 82.4 cm³/mol. The van der Waals surface area contributed by atoms with Gasteiger partial charge in [-0.2, -0.15) is 0 Å². The van der Waals surface area contributed by atoms with Gasteiger partial charge in [0.25, 0.3) is 0 Å². The molecular formula is C16H24N2O3. The van der Waals surface area contributed by atoms with E-state index < -0.39 is 5.97 Å². The molecule has 21 heavy (non-hydrogen) atoms. The van der Waals surface area contributed by atoms with Gasteiger partial charge in [-0.25, -0.2) is 4.79 Å². The van der Waals surface area contributed by atoms with E-state index in [1.165, 1.54) is 4.90 Å². The first-order valence-corrected chi connectivity index (χ1v) is 7.26. The van der Waals surface area contributed by atoms with Crippen molar-refractivity contribution in [3.63, 3.8) is 0 Å². The van der Waals surface area contributed by atoms with Crippen molar-refractivity contribution in [3.8, 4) is 0 Å². The lowest BCUT2D eigenvalue weighted by atomic mass is 10.0. The topological polar surface area (TPSA) is 69.6 Å². The highest BCUT2D eigenvalue weighted by Crippen LogP contribution is 2.13. The van der Waals surface area contributed by atoms with Gasteiger partial charge in [-0.05, 0) is 24.8 Å². The molecule has 5 nitrogen and oxygen atoms in total. The number of urea groups is 1. The van der Waals surface area contributed by atoms with Crippen molar-refractivity contribution in [3.05, 3.63) is 35.9 Å². The van der Waals surface area contributed by atoms with E-state index in [9.17, 15) is 9.59 Å². The molecule has 1 aromatic carbocycles. The van der Waals surface area contributed by atoms with Crippen molar-refractivity contribution in [1.82, 2.24) is 10.2 Å². The van der Waals surface area contributed by atoms with Gasteiger partial charge < -0.3 is 15.3 Å². The van der Waals surface area contributed by atoms with Crippen molar-refractivity contribution in [1.29, 1.82) is 0 Å². The van der Waals surface area contributed by atoms with Gasteiger partial charge in [-0.1, -0.05) is 44.2 Å². The second-order valence-corrected chi connectivity index (χ2v) is 5.28. The summed E-state index contributed by atoms with van der Waals surface area (Å²) in [6.45, 7) is 6.01. The Morgan fingerprint density at radius 2 is 1.86 bits per heavy atom. The van der Waals surface area contributed by atoms with E-state index in [0.717, 1.165) is 12.0 Å². The van der Waals surface area contributed by atoms with Crippen LogP contribution in [0, 0.1) is 0 Å². The molecule has 0 saturated carbocycles. The minimum absolute atomic E-state index is 0.104. The first kappa shape index (κ1) is 17.0. The predicted octanol–water partition coefficient (Wildman–Crippen LogP) is 2.68. The Bertz CT molecular complexity index is 462. The van der Waals surface area contributed by atoms with Crippen LogP contribution in [0.25, 0.3) is 0 Å². The molecule has 2 N–H and O–H groups in total. The van der Waals surface area contributed by atoms with E-state index in [0.29, 0.717) is 6.54 Å². The highest BCUT2D eigenvalue weighted by atomic mass is 16.4. The Kier molecular flexibility index (Phi) is 6.72. The fraction of sp³-hybridized carbons (Fsp3) is 0.500. The third-order valence-corrected chi connectivity index (χ3v) is 3.62. The molecule has 0 aliphatic rings. The SMILES string of the molecule is CCC(C)N(CC(=O)O)C(=O)NCC(C)c1ccccc1. The second-order valence-electron chi connectivity index (χ2n) is 5.28. The van der Waals surface area contributed by atoms with Crippen molar-refractivity contribution >= 4 is 12.0 Å². The van der Waals surface area contributed by atoms with Crippen molar-refractivity contribution in [2.45, 2.75) is 39.2 Å². The molecule has 1 rings (SSSR count). The van der Waals surface area contributed by atoms with Crippen molar-refractivity contribution in [2.24, 2.45) is 0 Å². The normalized spacial score (nSPS) is 13.3. The van der Waals surface area contributed by atoms with Gasteiger partial charge >= 0.3 is 12.0 Å². The lowest BCUT2D eigenvalue weighted by Gasteiger charge is -2.27. The number of hydrogen-bond acceptors (Lipinski definition) is 2. The first-order valence-electron chi connectivity index (χ1n) is 7.26. The Labute approximate surface area is 126 Å². The summed E-state index contributed by atoms with van der Waals surface area (Å²) in [4.78, 5) is 24.4. The fourth-order valence-corrected chi connectivity index (χ4v) is 2.04. The van der Waals surface area contributed by atoms with Crippen LogP contribution in [-0.4, -0.2) is 41.1 Å². The summed E-state index contributed by atoms with van der Waals surface area (Å²) in [5.41, 5.74) is 1.14. The Balaban J connectivity index is 2.59. The minimum Gasteiger partial charge on any atom is -0.480 e. The molecule has 1 aromatic rings. The molecular weight excluding hydrogens is 268 g/mol. The van der Waals surface area contributed by atoms with Gasteiger partial charge in [-0.3, -0.25) is 4.79 Å². The van der Waals surface area contributed by atoms with E-state index in [-0.39, 0.29) is 24.5 Å². The van der Waals surface area contributed by atoms with Gasteiger partial charge in [0.1, 0.15) is 6.54 Å². The zero-order chi connectivity index (χ0) is 15.8. The summed E-state index contributed by atoms with van der Waals surface area (Å²) in [6, 6.07) is 9.48. The molecule has 0 spiro atoms. The molecule has 0 fully saturated rings. The maximum Gasteiger partial charge on any atom is 0.323 e. The molecule has 2 amide bonds. The van der Waals surface area contributed by atoms with Gasteiger partial charge in [0.15, 0.2) is 0 Å². The van der Waals surface area contributed by atoms with Crippen LogP contribution in [0.4, 0.5) is 4.79 Å². The molecule has 0 saturated heterocycles. The third kappa shape index (κ3) is 5.45. The zero-order valence-electron chi connectivity index (χ0n) is 12.9. The van der Waals surface area contributed by atoms with Crippen LogP contribution >= 0.6 is 0 Å². The number of hydrogen-bond donors (Lipinski definition) is 2. The molecule has 0 radical (unpaired) electrons. The summed E-state index contributed by atoms with van der Waals surface area (Å²) in [5, 5.41) is 11.7. The van der Waals surface area contributed by atoms with Crippen molar-refractivity contribution < 1.29 is 14.7 Å². The summed E-state index contributed by atoms with van der Waals surface area (Å²) in [6.07, 6.45) is 0.717. The summed E-state index contributed by atoms with van der Waals surface area (Å²) in [7, 11) is 0. The van der Waals surface area contributed by atoms with Crippen LogP contribution in [-0.2, 0) is 4.79 Å². The summed E-state index contributed by atoms with van der Waals surface area (Å²) >= 11 is 0. The monoisotopic (exact) mass is 292 g/mol. The quantitative estimate of drug-likeness (QED) is 0.811. The first-order chi connectivity index (χ1) is 9.95. The number of carboxylic acid groups (broad SMARTS) is 1. The average molecular weight is 292 g/mol. The minimum atomic E-state index is -0.999. The number of rotatable bonds is 7. The largest absolute Gasteiger partial charge is 0.480 e. The van der Waals surface area contributed by atoms with Gasteiger partial charge in [0, 0.05) is 12.6 Å².